The fraction of sp³-hybridized carbons (Fsp3) is 0.632. The van der Waals surface area contributed by atoms with Crippen molar-refractivity contribution in [3.8, 4) is 0 Å². The van der Waals surface area contributed by atoms with Gasteiger partial charge in [-0.05, 0) is 62.6 Å². The molecular weight excluding hydrogens is 355 g/mol. The highest BCUT2D eigenvalue weighted by Gasteiger charge is 2.31. The van der Waals surface area contributed by atoms with Crippen LogP contribution in [-0.2, 0) is 10.0 Å². The maximum atomic E-state index is 14.3. The van der Waals surface area contributed by atoms with E-state index < -0.39 is 20.7 Å². The minimum Gasteiger partial charge on any atom is -0.339 e. The van der Waals surface area contributed by atoms with E-state index in [4.69, 9.17) is 0 Å². The zero-order chi connectivity index (χ0) is 18.9. The summed E-state index contributed by atoms with van der Waals surface area (Å²) in [5, 5.41) is 0. The van der Waals surface area contributed by atoms with Crippen molar-refractivity contribution in [3.05, 3.63) is 29.6 Å². The highest BCUT2D eigenvalue weighted by atomic mass is 32.2. The first-order chi connectivity index (χ1) is 12.3. The fourth-order valence-corrected chi connectivity index (χ4v) is 5.51. The Kier molecular flexibility index (Phi) is 5.67. The molecule has 1 heterocycles. The Morgan fingerprint density at radius 2 is 1.77 bits per heavy atom. The lowest BCUT2D eigenvalue weighted by atomic mass is 9.86. The summed E-state index contributed by atoms with van der Waals surface area (Å²) in [6, 6.07) is 3.82. The summed E-state index contributed by atoms with van der Waals surface area (Å²) >= 11 is 0. The van der Waals surface area contributed by atoms with Crippen LogP contribution in [0.2, 0.25) is 0 Å². The first-order valence-corrected chi connectivity index (χ1v) is 10.8. The number of carbonyl (C=O) groups excluding carboxylic acids is 1. The van der Waals surface area contributed by atoms with E-state index in [1.54, 1.807) is 11.9 Å². The minimum atomic E-state index is -3.90. The second kappa shape index (κ2) is 7.64. The van der Waals surface area contributed by atoms with Crippen LogP contribution in [0.3, 0.4) is 0 Å². The monoisotopic (exact) mass is 382 g/mol. The van der Waals surface area contributed by atoms with E-state index in [9.17, 15) is 17.6 Å². The summed E-state index contributed by atoms with van der Waals surface area (Å²) < 4.78 is 40.9. The standard InChI is InChI=1S/C19H27FN2O3S/c1-14-5-8-16(9-6-14)21(2)19(23)15-7-10-17(20)18(13-15)26(24,25)22-11-3-4-12-22/h7,10,13-14,16H,3-6,8-9,11-12H2,1-2H3. The van der Waals surface area contributed by atoms with Crippen LogP contribution in [0.25, 0.3) is 0 Å². The number of hydrogen-bond acceptors (Lipinski definition) is 3. The predicted octanol–water partition coefficient (Wildman–Crippen LogP) is 3.26. The zero-order valence-electron chi connectivity index (χ0n) is 15.4. The van der Waals surface area contributed by atoms with Gasteiger partial charge in [0.2, 0.25) is 10.0 Å². The van der Waals surface area contributed by atoms with Crippen LogP contribution in [0.4, 0.5) is 4.39 Å². The third-order valence-electron chi connectivity index (χ3n) is 5.71. The quantitative estimate of drug-likeness (QED) is 0.803. The van der Waals surface area contributed by atoms with Crippen LogP contribution in [0.15, 0.2) is 23.1 Å². The Hall–Kier alpha value is -1.47. The zero-order valence-corrected chi connectivity index (χ0v) is 16.3. The van der Waals surface area contributed by atoms with E-state index in [1.807, 2.05) is 0 Å². The SMILES string of the molecule is CC1CCC(N(C)C(=O)c2ccc(F)c(S(=O)(=O)N3CCCC3)c2)CC1. The lowest BCUT2D eigenvalue weighted by molar-refractivity contribution is 0.0679. The highest BCUT2D eigenvalue weighted by Crippen LogP contribution is 2.28. The molecule has 3 rings (SSSR count). The molecule has 0 spiro atoms. The largest absolute Gasteiger partial charge is 0.339 e. The number of nitrogens with zero attached hydrogens (tertiary/aromatic N) is 2. The number of carbonyl (C=O) groups is 1. The first-order valence-electron chi connectivity index (χ1n) is 9.37. The van der Waals surface area contributed by atoms with Crippen molar-refractivity contribution >= 4 is 15.9 Å². The van der Waals surface area contributed by atoms with Gasteiger partial charge in [-0.2, -0.15) is 4.31 Å². The van der Waals surface area contributed by atoms with E-state index >= 15 is 0 Å². The van der Waals surface area contributed by atoms with Crippen molar-refractivity contribution in [3.63, 3.8) is 0 Å². The van der Waals surface area contributed by atoms with Crippen LogP contribution in [0.1, 0.15) is 55.8 Å². The minimum absolute atomic E-state index is 0.155. The number of sulfonamides is 1. The molecule has 1 aromatic carbocycles. The van der Waals surface area contributed by atoms with E-state index in [0.717, 1.165) is 44.6 Å². The van der Waals surface area contributed by atoms with Crippen molar-refractivity contribution in [1.29, 1.82) is 0 Å². The molecule has 0 bridgehead atoms. The molecule has 1 amide bonds. The molecule has 1 saturated heterocycles. The maximum Gasteiger partial charge on any atom is 0.253 e. The van der Waals surface area contributed by atoms with Gasteiger partial charge in [0.25, 0.3) is 5.91 Å². The van der Waals surface area contributed by atoms with Crippen molar-refractivity contribution in [2.45, 2.75) is 56.4 Å². The summed E-state index contributed by atoms with van der Waals surface area (Å²) in [6.07, 6.45) is 5.62. The highest BCUT2D eigenvalue weighted by molar-refractivity contribution is 7.89. The Balaban J connectivity index is 1.83. The van der Waals surface area contributed by atoms with Gasteiger partial charge >= 0.3 is 0 Å². The predicted molar refractivity (Wildman–Crippen MR) is 97.9 cm³/mol. The second-order valence-electron chi connectivity index (χ2n) is 7.59. The van der Waals surface area contributed by atoms with Gasteiger partial charge < -0.3 is 4.90 Å². The molecule has 26 heavy (non-hydrogen) atoms. The maximum absolute atomic E-state index is 14.3. The summed E-state index contributed by atoms with van der Waals surface area (Å²) in [5.41, 5.74) is 0.227. The molecule has 1 aromatic rings. The lowest BCUT2D eigenvalue weighted by Crippen LogP contribution is -2.39. The average molecular weight is 383 g/mol. The number of halogens is 1. The summed E-state index contributed by atoms with van der Waals surface area (Å²) in [4.78, 5) is 14.1. The van der Waals surface area contributed by atoms with Crippen LogP contribution in [-0.4, -0.2) is 49.7 Å². The molecule has 0 atom stereocenters. The van der Waals surface area contributed by atoms with Crippen LogP contribution in [0.5, 0.6) is 0 Å². The third kappa shape index (κ3) is 3.78. The molecule has 144 valence electrons. The second-order valence-corrected chi connectivity index (χ2v) is 9.49. The molecule has 0 N–H and O–H groups in total. The third-order valence-corrected chi connectivity index (χ3v) is 7.63. The number of hydrogen-bond donors (Lipinski definition) is 0. The fourth-order valence-electron chi connectivity index (χ4n) is 3.90. The van der Waals surface area contributed by atoms with E-state index in [2.05, 4.69) is 6.92 Å². The molecule has 0 aromatic heterocycles. The Labute approximate surface area is 155 Å². The lowest BCUT2D eigenvalue weighted by Gasteiger charge is -2.33. The van der Waals surface area contributed by atoms with Crippen LogP contribution in [0, 0.1) is 11.7 Å². The van der Waals surface area contributed by atoms with Crippen molar-refractivity contribution in [2.24, 2.45) is 5.92 Å². The molecule has 7 heteroatoms. The molecule has 1 saturated carbocycles. The van der Waals surface area contributed by atoms with Gasteiger partial charge in [0.05, 0.1) is 0 Å². The van der Waals surface area contributed by atoms with Gasteiger partial charge in [0.1, 0.15) is 10.7 Å². The summed E-state index contributed by atoms with van der Waals surface area (Å²) in [6.45, 7) is 3.02. The Morgan fingerprint density at radius 3 is 2.38 bits per heavy atom. The molecule has 0 unspecified atom stereocenters. The van der Waals surface area contributed by atoms with Gasteiger partial charge in [0, 0.05) is 31.7 Å². The van der Waals surface area contributed by atoms with Gasteiger partial charge in [-0.1, -0.05) is 6.92 Å². The van der Waals surface area contributed by atoms with E-state index in [0.29, 0.717) is 19.0 Å². The molecule has 1 aliphatic heterocycles. The van der Waals surface area contributed by atoms with Gasteiger partial charge in [-0.3, -0.25) is 4.79 Å². The topological polar surface area (TPSA) is 57.7 Å². The molecule has 2 aliphatic rings. The summed E-state index contributed by atoms with van der Waals surface area (Å²) in [7, 11) is -2.14. The number of benzene rings is 1. The van der Waals surface area contributed by atoms with Crippen molar-refractivity contribution in [1.82, 2.24) is 9.21 Å². The van der Waals surface area contributed by atoms with E-state index in [1.165, 1.54) is 16.4 Å². The van der Waals surface area contributed by atoms with Crippen molar-refractivity contribution < 1.29 is 17.6 Å². The molecule has 1 aliphatic carbocycles. The van der Waals surface area contributed by atoms with E-state index in [-0.39, 0.29) is 17.5 Å². The van der Waals surface area contributed by atoms with Gasteiger partial charge in [-0.25, -0.2) is 12.8 Å². The van der Waals surface area contributed by atoms with Crippen LogP contribution < -0.4 is 0 Å². The summed E-state index contributed by atoms with van der Waals surface area (Å²) in [5.74, 6) is -0.372. The molecule has 0 radical (unpaired) electrons. The smallest absolute Gasteiger partial charge is 0.253 e. The van der Waals surface area contributed by atoms with Crippen molar-refractivity contribution in [2.75, 3.05) is 20.1 Å². The average Bonchev–Trinajstić information content (AvgIpc) is 3.17. The normalized spacial score (nSPS) is 24.6. The number of amides is 1. The Bertz CT molecular complexity index is 767. The molecule has 5 nitrogen and oxygen atoms in total. The van der Waals surface area contributed by atoms with Crippen LogP contribution >= 0.6 is 0 Å². The number of rotatable bonds is 4. The molecule has 2 fully saturated rings. The van der Waals surface area contributed by atoms with Gasteiger partial charge in [-0.15, -0.1) is 0 Å². The van der Waals surface area contributed by atoms with Gasteiger partial charge in [0.15, 0.2) is 0 Å². The Morgan fingerprint density at radius 1 is 1.15 bits per heavy atom. The molecular formula is C19H27FN2O3S. The first kappa shape index (κ1) is 19.3.